The van der Waals surface area contributed by atoms with E-state index in [-0.39, 0.29) is 11.3 Å². The van der Waals surface area contributed by atoms with Crippen molar-refractivity contribution in [2.75, 3.05) is 13.1 Å². The first-order chi connectivity index (χ1) is 9.74. The molecule has 0 radical (unpaired) electrons. The third-order valence-electron chi connectivity index (χ3n) is 4.46. The summed E-state index contributed by atoms with van der Waals surface area (Å²) in [5, 5.41) is 3.04. The van der Waals surface area contributed by atoms with E-state index in [2.05, 4.69) is 17.4 Å². The van der Waals surface area contributed by atoms with Crippen LogP contribution < -0.4 is 11.1 Å². The zero-order chi connectivity index (χ0) is 14.3. The number of benzene rings is 1. The van der Waals surface area contributed by atoms with Crippen molar-refractivity contribution in [2.45, 2.75) is 44.9 Å². The van der Waals surface area contributed by atoms with E-state index >= 15 is 0 Å². The Hall–Kier alpha value is -1.35. The molecule has 20 heavy (non-hydrogen) atoms. The SMILES string of the molecule is NCC1(CC(=O)NCCc2ccccc2)CCCCC1. The lowest BCUT2D eigenvalue weighted by Crippen LogP contribution is -2.39. The van der Waals surface area contributed by atoms with E-state index in [0.717, 1.165) is 19.3 Å². The van der Waals surface area contributed by atoms with Crippen molar-refractivity contribution < 1.29 is 4.79 Å². The van der Waals surface area contributed by atoms with Gasteiger partial charge in [-0.2, -0.15) is 0 Å². The van der Waals surface area contributed by atoms with Crippen molar-refractivity contribution in [3.05, 3.63) is 35.9 Å². The van der Waals surface area contributed by atoms with Crippen LogP contribution in [0.3, 0.4) is 0 Å². The van der Waals surface area contributed by atoms with E-state index in [1.807, 2.05) is 18.2 Å². The van der Waals surface area contributed by atoms with Gasteiger partial charge in [-0.1, -0.05) is 49.6 Å². The third kappa shape index (κ3) is 4.34. The van der Waals surface area contributed by atoms with E-state index in [0.29, 0.717) is 19.5 Å². The topological polar surface area (TPSA) is 55.1 Å². The van der Waals surface area contributed by atoms with Gasteiger partial charge in [0, 0.05) is 13.0 Å². The highest BCUT2D eigenvalue weighted by atomic mass is 16.1. The van der Waals surface area contributed by atoms with Crippen molar-refractivity contribution in [1.29, 1.82) is 0 Å². The second kappa shape index (κ2) is 7.44. The summed E-state index contributed by atoms with van der Waals surface area (Å²) in [5.41, 5.74) is 7.25. The first kappa shape index (κ1) is 15.0. The Bertz CT molecular complexity index is 410. The molecule has 0 bridgehead atoms. The second-order valence-corrected chi connectivity index (χ2v) is 6.03. The summed E-state index contributed by atoms with van der Waals surface area (Å²) in [4.78, 5) is 12.1. The zero-order valence-electron chi connectivity index (χ0n) is 12.2. The van der Waals surface area contributed by atoms with Crippen molar-refractivity contribution in [2.24, 2.45) is 11.1 Å². The molecule has 1 aromatic carbocycles. The lowest BCUT2D eigenvalue weighted by atomic mass is 9.71. The van der Waals surface area contributed by atoms with Crippen LogP contribution in [0.4, 0.5) is 0 Å². The van der Waals surface area contributed by atoms with E-state index < -0.39 is 0 Å². The number of nitrogens with two attached hydrogens (primary N) is 1. The maximum Gasteiger partial charge on any atom is 0.220 e. The molecule has 3 nitrogen and oxygen atoms in total. The molecule has 1 amide bonds. The largest absolute Gasteiger partial charge is 0.356 e. The van der Waals surface area contributed by atoms with Gasteiger partial charge in [-0.05, 0) is 36.8 Å². The Labute approximate surface area is 121 Å². The summed E-state index contributed by atoms with van der Waals surface area (Å²) >= 11 is 0. The van der Waals surface area contributed by atoms with E-state index in [4.69, 9.17) is 5.73 Å². The van der Waals surface area contributed by atoms with Gasteiger partial charge in [0.1, 0.15) is 0 Å². The monoisotopic (exact) mass is 274 g/mol. The molecular weight excluding hydrogens is 248 g/mol. The van der Waals surface area contributed by atoms with E-state index in [9.17, 15) is 4.79 Å². The lowest BCUT2D eigenvalue weighted by Gasteiger charge is -2.35. The Morgan fingerprint density at radius 2 is 1.85 bits per heavy atom. The van der Waals surface area contributed by atoms with Crippen molar-refractivity contribution in [3.8, 4) is 0 Å². The van der Waals surface area contributed by atoms with Crippen molar-refractivity contribution in [3.63, 3.8) is 0 Å². The molecule has 0 heterocycles. The molecular formula is C17H26N2O. The Morgan fingerprint density at radius 1 is 1.15 bits per heavy atom. The van der Waals surface area contributed by atoms with Crippen LogP contribution in [0.5, 0.6) is 0 Å². The highest BCUT2D eigenvalue weighted by molar-refractivity contribution is 5.76. The minimum atomic E-state index is 0.0646. The van der Waals surface area contributed by atoms with Crippen LogP contribution in [0.25, 0.3) is 0 Å². The highest BCUT2D eigenvalue weighted by Crippen LogP contribution is 2.38. The van der Waals surface area contributed by atoms with Gasteiger partial charge in [-0.15, -0.1) is 0 Å². The molecule has 1 fully saturated rings. The summed E-state index contributed by atoms with van der Waals surface area (Å²) in [6.07, 6.45) is 7.42. The van der Waals surface area contributed by atoms with Gasteiger partial charge in [-0.3, -0.25) is 4.79 Å². The van der Waals surface area contributed by atoms with E-state index in [1.165, 1.54) is 24.8 Å². The summed E-state index contributed by atoms with van der Waals surface area (Å²) in [7, 11) is 0. The van der Waals surface area contributed by atoms with Crippen LogP contribution >= 0.6 is 0 Å². The molecule has 0 atom stereocenters. The Kier molecular flexibility index (Phi) is 5.60. The van der Waals surface area contributed by atoms with Gasteiger partial charge < -0.3 is 11.1 Å². The van der Waals surface area contributed by atoms with Gasteiger partial charge in [-0.25, -0.2) is 0 Å². The summed E-state index contributed by atoms with van der Waals surface area (Å²) in [6, 6.07) is 10.3. The average Bonchev–Trinajstić information content (AvgIpc) is 2.49. The predicted molar refractivity (Wildman–Crippen MR) is 82.3 cm³/mol. The number of nitrogens with one attached hydrogen (secondary N) is 1. The average molecular weight is 274 g/mol. The molecule has 3 heteroatoms. The van der Waals surface area contributed by atoms with Gasteiger partial charge in [0.2, 0.25) is 5.91 Å². The smallest absolute Gasteiger partial charge is 0.220 e. The number of hydrogen-bond donors (Lipinski definition) is 2. The zero-order valence-corrected chi connectivity index (χ0v) is 12.2. The van der Waals surface area contributed by atoms with Crippen LogP contribution in [0.15, 0.2) is 30.3 Å². The van der Waals surface area contributed by atoms with Crippen LogP contribution in [-0.2, 0) is 11.2 Å². The molecule has 0 aromatic heterocycles. The van der Waals surface area contributed by atoms with Gasteiger partial charge in [0.15, 0.2) is 0 Å². The molecule has 1 aliphatic rings. The van der Waals surface area contributed by atoms with Crippen LogP contribution in [0, 0.1) is 5.41 Å². The summed E-state index contributed by atoms with van der Waals surface area (Å²) in [5.74, 6) is 0.160. The van der Waals surface area contributed by atoms with Gasteiger partial charge in [0.05, 0.1) is 0 Å². The van der Waals surface area contributed by atoms with Crippen LogP contribution in [0.1, 0.15) is 44.1 Å². The maximum absolute atomic E-state index is 12.1. The van der Waals surface area contributed by atoms with Gasteiger partial charge in [0.25, 0.3) is 0 Å². The fourth-order valence-corrected chi connectivity index (χ4v) is 3.15. The number of hydrogen-bond acceptors (Lipinski definition) is 2. The van der Waals surface area contributed by atoms with Gasteiger partial charge >= 0.3 is 0 Å². The first-order valence-electron chi connectivity index (χ1n) is 7.75. The number of amides is 1. The molecule has 1 saturated carbocycles. The van der Waals surface area contributed by atoms with Crippen LogP contribution in [0.2, 0.25) is 0 Å². The Balaban J connectivity index is 1.74. The Morgan fingerprint density at radius 3 is 2.50 bits per heavy atom. The fourth-order valence-electron chi connectivity index (χ4n) is 3.15. The summed E-state index contributed by atoms with van der Waals surface area (Å²) < 4.78 is 0. The number of rotatable bonds is 6. The molecule has 110 valence electrons. The molecule has 1 aliphatic carbocycles. The molecule has 2 rings (SSSR count). The van der Waals surface area contributed by atoms with E-state index in [1.54, 1.807) is 0 Å². The van der Waals surface area contributed by atoms with Crippen molar-refractivity contribution in [1.82, 2.24) is 5.32 Å². The minimum absolute atomic E-state index is 0.0646. The summed E-state index contributed by atoms with van der Waals surface area (Å²) in [6.45, 7) is 1.35. The normalized spacial score (nSPS) is 17.6. The molecule has 1 aromatic rings. The molecule has 0 saturated heterocycles. The molecule has 0 spiro atoms. The first-order valence-corrected chi connectivity index (χ1v) is 7.75. The highest BCUT2D eigenvalue weighted by Gasteiger charge is 2.32. The van der Waals surface area contributed by atoms with Crippen molar-refractivity contribution >= 4 is 5.91 Å². The third-order valence-corrected chi connectivity index (χ3v) is 4.46. The second-order valence-electron chi connectivity index (χ2n) is 6.03. The standard InChI is InChI=1S/C17H26N2O/c18-14-17(10-5-2-6-11-17)13-16(20)19-12-9-15-7-3-1-4-8-15/h1,3-4,7-8H,2,5-6,9-14,18H2,(H,19,20). The number of carbonyl (C=O) groups is 1. The minimum Gasteiger partial charge on any atom is -0.356 e. The quantitative estimate of drug-likeness (QED) is 0.838. The molecule has 0 aliphatic heterocycles. The maximum atomic E-state index is 12.1. The predicted octanol–water partition coefficient (Wildman–Crippen LogP) is 2.64. The van der Waals surface area contributed by atoms with Crippen LogP contribution in [-0.4, -0.2) is 19.0 Å². The lowest BCUT2D eigenvalue weighted by molar-refractivity contribution is -0.123. The number of carbonyl (C=O) groups excluding carboxylic acids is 1. The fraction of sp³-hybridized carbons (Fsp3) is 0.588. The molecule has 0 unspecified atom stereocenters. The molecule has 3 N–H and O–H groups in total.